The number of primary amides is 1. The van der Waals surface area contributed by atoms with Gasteiger partial charge in [-0.3, -0.25) is 19.0 Å². The molecule has 17 nitrogen and oxygen atoms in total. The number of rotatable bonds is 9. The van der Waals surface area contributed by atoms with Gasteiger partial charge in [-0.2, -0.15) is 10.2 Å². The maximum atomic E-state index is 14.1. The van der Waals surface area contributed by atoms with Crippen LogP contribution in [-0.2, 0) is 22.7 Å². The summed E-state index contributed by atoms with van der Waals surface area (Å²) in [5.41, 5.74) is 14.7. The van der Waals surface area contributed by atoms with E-state index in [1.54, 1.807) is 82.3 Å². The van der Waals surface area contributed by atoms with Crippen molar-refractivity contribution < 1.29 is 27.4 Å². The molecule has 0 spiro atoms. The molecule has 6 aromatic heterocycles. The van der Waals surface area contributed by atoms with Crippen molar-refractivity contribution in [2.75, 3.05) is 11.1 Å². The lowest BCUT2D eigenvalue weighted by molar-refractivity contribution is -0.134. The molecule has 0 aliphatic rings. The fourth-order valence-electron chi connectivity index (χ4n) is 5.20. The summed E-state index contributed by atoms with van der Waals surface area (Å²) < 4.78 is 41.2. The van der Waals surface area contributed by atoms with E-state index in [-0.39, 0.29) is 36.4 Å². The lowest BCUT2D eigenvalue weighted by Crippen LogP contribution is -2.29. The predicted molar refractivity (Wildman–Crippen MR) is 191 cm³/mol. The maximum Gasteiger partial charge on any atom is 0.314 e. The number of nitrogens with two attached hydrogens (primary N) is 2. The minimum Gasteiger partial charge on any atom is -0.384 e. The molecule has 0 radical (unpaired) electrons. The molecule has 8 aromatic rings. The van der Waals surface area contributed by atoms with Crippen LogP contribution in [0.2, 0.25) is 0 Å². The van der Waals surface area contributed by atoms with Crippen LogP contribution in [0.4, 0.5) is 20.4 Å². The number of nitrogens with zero attached hydrogens (tertiary/aromatic N) is 10. The zero-order valence-corrected chi connectivity index (χ0v) is 28.3. The number of hydrogen-bond donors (Lipinski definition) is 3. The Morgan fingerprint density at radius 3 is 1.65 bits per heavy atom. The number of nitrogen functional groups attached to an aromatic ring is 1. The highest BCUT2D eigenvalue weighted by Crippen LogP contribution is 2.27. The van der Waals surface area contributed by atoms with Crippen LogP contribution >= 0.6 is 0 Å². The summed E-state index contributed by atoms with van der Waals surface area (Å²) in [7, 11) is 0. The highest BCUT2D eigenvalue weighted by atomic mass is 19.1. The highest BCUT2D eigenvalue weighted by Gasteiger charge is 2.19. The largest absolute Gasteiger partial charge is 0.384 e. The van der Waals surface area contributed by atoms with Crippen LogP contribution in [0.15, 0.2) is 119 Å². The fraction of sp³-hybridized carbons (Fsp3) is 0.0556. The second-order valence-electron chi connectivity index (χ2n) is 11.5. The summed E-state index contributed by atoms with van der Waals surface area (Å²) in [6.45, 7) is 0.365. The van der Waals surface area contributed by atoms with Crippen LogP contribution in [0.1, 0.15) is 11.1 Å². The first-order valence-electron chi connectivity index (χ1n) is 16.2. The monoisotopic (exact) mass is 743 g/mol. The lowest BCUT2D eigenvalue weighted by atomic mass is 10.2. The minimum absolute atomic E-state index is 0.0791. The molecule has 2 amide bonds. The van der Waals surface area contributed by atoms with E-state index in [1.165, 1.54) is 36.9 Å². The molecule has 5 N–H and O–H groups in total. The van der Waals surface area contributed by atoms with Gasteiger partial charge in [-0.25, -0.2) is 28.7 Å². The number of halogens is 2. The summed E-state index contributed by atoms with van der Waals surface area (Å²) in [6, 6.07) is 22.7. The minimum atomic E-state index is -1.14. The maximum absolute atomic E-state index is 14.1. The molecule has 0 saturated carbocycles. The molecule has 0 saturated heterocycles. The Hall–Kier alpha value is -7.96. The summed E-state index contributed by atoms with van der Waals surface area (Å²) in [5, 5.41) is 19.1. The number of amides is 2. The lowest BCUT2D eigenvalue weighted by Gasteiger charge is -2.06. The van der Waals surface area contributed by atoms with Crippen LogP contribution in [0.5, 0.6) is 0 Å². The van der Waals surface area contributed by atoms with E-state index in [4.69, 9.17) is 20.5 Å². The van der Waals surface area contributed by atoms with Crippen molar-refractivity contribution in [3.05, 3.63) is 133 Å². The zero-order valence-electron chi connectivity index (χ0n) is 28.3. The van der Waals surface area contributed by atoms with Gasteiger partial charge in [0.25, 0.3) is 0 Å². The van der Waals surface area contributed by atoms with Gasteiger partial charge in [0.1, 0.15) is 58.6 Å². The van der Waals surface area contributed by atoms with E-state index >= 15 is 0 Å². The quantitative estimate of drug-likeness (QED) is 0.174. The average molecular weight is 744 g/mol. The van der Waals surface area contributed by atoms with Crippen LogP contribution in [0.25, 0.3) is 45.8 Å². The predicted octanol–water partition coefficient (Wildman–Crippen LogP) is 4.37. The highest BCUT2D eigenvalue weighted by molar-refractivity contribution is 6.39. The molecule has 0 bridgehead atoms. The molecular formula is C36H27F2N13O4. The first kappa shape index (κ1) is 35.4. The van der Waals surface area contributed by atoms with Crippen LogP contribution in [0, 0.1) is 11.6 Å². The zero-order chi connectivity index (χ0) is 38.3. The first-order valence-corrected chi connectivity index (χ1v) is 16.2. The van der Waals surface area contributed by atoms with E-state index in [9.17, 15) is 18.4 Å². The molecule has 2 aromatic carbocycles. The van der Waals surface area contributed by atoms with Crippen molar-refractivity contribution in [2.24, 2.45) is 5.73 Å². The van der Waals surface area contributed by atoms with Gasteiger partial charge in [0.2, 0.25) is 0 Å². The number of hydrogen-bond acceptors (Lipinski definition) is 13. The molecule has 6 heterocycles. The van der Waals surface area contributed by atoms with Crippen molar-refractivity contribution in [2.45, 2.75) is 13.1 Å². The van der Waals surface area contributed by atoms with Gasteiger partial charge in [-0.05, 0) is 36.4 Å². The van der Waals surface area contributed by atoms with Crippen LogP contribution < -0.4 is 16.8 Å². The van der Waals surface area contributed by atoms with Crippen molar-refractivity contribution in [1.29, 1.82) is 0 Å². The molecule has 0 aliphatic heterocycles. The van der Waals surface area contributed by atoms with E-state index in [1.807, 2.05) is 0 Å². The van der Waals surface area contributed by atoms with Gasteiger partial charge in [-0.15, -0.1) is 0 Å². The summed E-state index contributed by atoms with van der Waals surface area (Å²) in [4.78, 5) is 39.1. The van der Waals surface area contributed by atoms with Gasteiger partial charge in [0, 0.05) is 35.7 Å². The molecule has 0 fully saturated rings. The smallest absolute Gasteiger partial charge is 0.314 e. The van der Waals surface area contributed by atoms with E-state index < -0.39 is 11.8 Å². The third-order valence-corrected chi connectivity index (χ3v) is 7.77. The first-order chi connectivity index (χ1) is 26.7. The Kier molecular flexibility index (Phi) is 10.1. The SMILES string of the molecule is NC(=O)C(=O)Nc1ccnc(-c2cc(-c3ccon3)n(Cc3ccccc3F)n2)n1.Nc1ccnc(-c2cc(-c3ccon3)n(Cc3ccccc3F)n2)n1. The number of anilines is 2. The van der Waals surface area contributed by atoms with E-state index in [0.717, 1.165) is 0 Å². The average Bonchev–Trinajstić information content (AvgIpc) is 4.02. The standard InChI is InChI=1S/C19H14FN7O3.C17H13FN6O/c20-12-4-2-1-3-11(12)10-27-15(13-6-8-30-26-13)9-14(25-27)18-22-7-5-16(23-18)24-19(29)17(21)28;18-12-4-2-1-3-11(12)10-24-15(13-6-8-25-23-13)9-14(22-24)17-20-7-5-16(19)21-17/h1-9H,10H2,(H2,21,28)(H,22,23,24,29);1-9H,10H2,(H2,19,20,21). The topological polar surface area (TPSA) is 237 Å². The fourth-order valence-corrected chi connectivity index (χ4v) is 5.20. The summed E-state index contributed by atoms with van der Waals surface area (Å²) >= 11 is 0. The van der Waals surface area contributed by atoms with Gasteiger partial charge in [-0.1, -0.05) is 46.7 Å². The second kappa shape index (κ2) is 15.7. The molecule has 8 rings (SSSR count). The Morgan fingerprint density at radius 1 is 0.673 bits per heavy atom. The number of nitrogens with one attached hydrogen (secondary N) is 1. The van der Waals surface area contributed by atoms with E-state index in [2.05, 4.69) is 45.8 Å². The van der Waals surface area contributed by atoms with Gasteiger partial charge in [0.05, 0.1) is 24.5 Å². The molecule has 274 valence electrons. The molecule has 0 aliphatic carbocycles. The van der Waals surface area contributed by atoms with Crippen LogP contribution in [0.3, 0.4) is 0 Å². The van der Waals surface area contributed by atoms with E-state index in [0.29, 0.717) is 56.9 Å². The number of aromatic nitrogens is 10. The Bertz CT molecular complexity index is 2590. The van der Waals surface area contributed by atoms with Crippen molar-refractivity contribution in [3.63, 3.8) is 0 Å². The molecule has 19 heteroatoms. The Morgan fingerprint density at radius 2 is 1.18 bits per heavy atom. The number of carbonyl (C=O) groups excluding carboxylic acids is 2. The van der Waals surface area contributed by atoms with Gasteiger partial charge < -0.3 is 25.8 Å². The molecule has 55 heavy (non-hydrogen) atoms. The molecular weight excluding hydrogens is 716 g/mol. The third kappa shape index (κ3) is 8.25. The Balaban J connectivity index is 0.000000172. The summed E-state index contributed by atoms with van der Waals surface area (Å²) in [5.74, 6) is -1.83. The van der Waals surface area contributed by atoms with Gasteiger partial charge >= 0.3 is 11.8 Å². The van der Waals surface area contributed by atoms with Crippen molar-refractivity contribution in [1.82, 2.24) is 49.8 Å². The van der Waals surface area contributed by atoms with Crippen molar-refractivity contribution >= 4 is 23.5 Å². The number of benzene rings is 2. The Labute approximate surface area is 308 Å². The number of carbonyl (C=O) groups is 2. The van der Waals surface area contributed by atoms with Crippen molar-refractivity contribution in [3.8, 4) is 45.8 Å². The van der Waals surface area contributed by atoms with Gasteiger partial charge in [0.15, 0.2) is 11.6 Å². The third-order valence-electron chi connectivity index (χ3n) is 7.77. The second-order valence-corrected chi connectivity index (χ2v) is 11.5. The molecule has 0 atom stereocenters. The normalized spacial score (nSPS) is 10.8. The summed E-state index contributed by atoms with van der Waals surface area (Å²) in [6.07, 6.45) is 5.83. The van der Waals surface area contributed by atoms with Crippen LogP contribution in [-0.4, -0.2) is 61.6 Å². The molecule has 0 unspecified atom stereocenters.